The van der Waals surface area contributed by atoms with Crippen LogP contribution in [0.4, 0.5) is 5.69 Å². The second-order valence-electron chi connectivity index (χ2n) is 4.76. The first-order valence-corrected chi connectivity index (χ1v) is 8.06. The summed E-state index contributed by atoms with van der Waals surface area (Å²) in [5.41, 5.74) is 0.607. The van der Waals surface area contributed by atoms with Gasteiger partial charge in [0.05, 0.1) is 10.8 Å². The van der Waals surface area contributed by atoms with Crippen molar-refractivity contribution in [2.45, 2.75) is 17.7 Å². The largest absolute Gasteiger partial charge is 0.326 e. The maximum Gasteiger partial charge on any atom is 0.240 e. The Morgan fingerprint density at radius 2 is 2.00 bits per heavy atom. The monoisotopic (exact) mass is 297 g/mol. The summed E-state index contributed by atoms with van der Waals surface area (Å²) in [4.78, 5) is 12.2. The highest BCUT2D eigenvalue weighted by atomic mass is 32.2. The number of piperidine rings is 1. The van der Waals surface area contributed by atoms with E-state index in [1.165, 1.54) is 19.2 Å². The van der Waals surface area contributed by atoms with Crippen LogP contribution in [0.1, 0.15) is 12.8 Å². The number of nitrogens with one attached hydrogen (secondary N) is 3. The van der Waals surface area contributed by atoms with Crippen LogP contribution in [0.2, 0.25) is 0 Å². The summed E-state index contributed by atoms with van der Waals surface area (Å²) in [7, 11) is -2.07. The SMILES string of the molecule is CNS(=O)(=O)c1ccc(NC(=O)C2CCCNC2)cc1. The first kappa shape index (κ1) is 15.0. The summed E-state index contributed by atoms with van der Waals surface area (Å²) in [5, 5.41) is 6.00. The van der Waals surface area contributed by atoms with Crippen molar-refractivity contribution in [3.05, 3.63) is 24.3 Å². The zero-order valence-corrected chi connectivity index (χ0v) is 12.2. The standard InChI is InChI=1S/C13H19N3O3S/c1-14-20(18,19)12-6-4-11(5-7-12)16-13(17)10-3-2-8-15-9-10/h4-7,10,14-15H,2-3,8-9H2,1H3,(H,16,17). The first-order chi connectivity index (χ1) is 9.53. The Bertz CT molecular complexity index is 563. The van der Waals surface area contributed by atoms with E-state index in [0.29, 0.717) is 12.2 Å². The molecule has 1 aliphatic heterocycles. The summed E-state index contributed by atoms with van der Waals surface area (Å²) in [5.74, 6) is -0.0501. The van der Waals surface area contributed by atoms with Gasteiger partial charge in [0.25, 0.3) is 0 Å². The molecule has 1 aliphatic rings. The molecule has 1 atom stereocenters. The van der Waals surface area contributed by atoms with Gasteiger partial charge in [-0.15, -0.1) is 0 Å². The lowest BCUT2D eigenvalue weighted by Gasteiger charge is -2.21. The average molecular weight is 297 g/mol. The number of hydrogen-bond donors (Lipinski definition) is 3. The van der Waals surface area contributed by atoms with Crippen LogP contribution in [0.25, 0.3) is 0 Å². The van der Waals surface area contributed by atoms with Gasteiger partial charge in [-0.2, -0.15) is 0 Å². The lowest BCUT2D eigenvalue weighted by molar-refractivity contribution is -0.120. The summed E-state index contributed by atoms with van der Waals surface area (Å²) in [6, 6.07) is 6.14. The Labute approximate surface area is 119 Å². The molecule has 1 heterocycles. The van der Waals surface area contributed by atoms with Crippen LogP contribution in [-0.4, -0.2) is 34.5 Å². The summed E-state index contributed by atoms with van der Waals surface area (Å²) >= 11 is 0. The number of benzene rings is 1. The third-order valence-corrected chi connectivity index (χ3v) is 4.80. The third kappa shape index (κ3) is 3.56. The lowest BCUT2D eigenvalue weighted by Crippen LogP contribution is -2.37. The van der Waals surface area contributed by atoms with Gasteiger partial charge in [-0.3, -0.25) is 4.79 Å². The van der Waals surface area contributed by atoms with Gasteiger partial charge in [0.15, 0.2) is 0 Å². The van der Waals surface area contributed by atoms with Gasteiger partial charge in [0, 0.05) is 12.2 Å². The number of anilines is 1. The summed E-state index contributed by atoms with van der Waals surface area (Å²) in [6.07, 6.45) is 1.88. The Morgan fingerprint density at radius 3 is 2.55 bits per heavy atom. The van der Waals surface area contributed by atoms with E-state index in [0.717, 1.165) is 19.4 Å². The van der Waals surface area contributed by atoms with Crippen LogP contribution < -0.4 is 15.4 Å². The Hall–Kier alpha value is -1.44. The maximum atomic E-state index is 12.0. The first-order valence-electron chi connectivity index (χ1n) is 6.58. The quantitative estimate of drug-likeness (QED) is 0.756. The van der Waals surface area contributed by atoms with Crippen LogP contribution in [0.5, 0.6) is 0 Å². The van der Waals surface area contributed by atoms with Crippen molar-refractivity contribution in [3.63, 3.8) is 0 Å². The molecule has 1 aromatic rings. The second-order valence-corrected chi connectivity index (χ2v) is 6.65. The molecule has 0 radical (unpaired) electrons. The molecule has 1 fully saturated rings. The van der Waals surface area contributed by atoms with E-state index in [-0.39, 0.29) is 16.7 Å². The number of sulfonamides is 1. The normalized spacial score (nSPS) is 19.6. The minimum Gasteiger partial charge on any atom is -0.326 e. The van der Waals surface area contributed by atoms with Gasteiger partial charge < -0.3 is 10.6 Å². The highest BCUT2D eigenvalue weighted by Gasteiger charge is 2.21. The molecule has 0 aliphatic carbocycles. The number of rotatable bonds is 4. The van der Waals surface area contributed by atoms with Crippen LogP contribution in [-0.2, 0) is 14.8 Å². The molecule has 1 amide bonds. The molecule has 1 aromatic carbocycles. The smallest absolute Gasteiger partial charge is 0.240 e. The number of hydrogen-bond acceptors (Lipinski definition) is 4. The molecule has 20 heavy (non-hydrogen) atoms. The Morgan fingerprint density at radius 1 is 1.30 bits per heavy atom. The van der Waals surface area contributed by atoms with Gasteiger partial charge in [0.1, 0.15) is 0 Å². The Balaban J connectivity index is 2.02. The van der Waals surface area contributed by atoms with Crippen LogP contribution in [0.3, 0.4) is 0 Å². The predicted octanol–water partition coefficient (Wildman–Crippen LogP) is 0.533. The average Bonchev–Trinajstić information content (AvgIpc) is 2.48. The van der Waals surface area contributed by atoms with Gasteiger partial charge >= 0.3 is 0 Å². The van der Waals surface area contributed by atoms with E-state index in [1.54, 1.807) is 12.1 Å². The zero-order valence-electron chi connectivity index (χ0n) is 11.3. The van der Waals surface area contributed by atoms with Crippen molar-refractivity contribution in [2.24, 2.45) is 5.92 Å². The fourth-order valence-electron chi connectivity index (χ4n) is 2.16. The van der Waals surface area contributed by atoms with E-state index in [9.17, 15) is 13.2 Å². The number of carbonyl (C=O) groups excluding carboxylic acids is 1. The van der Waals surface area contributed by atoms with Crippen molar-refractivity contribution < 1.29 is 13.2 Å². The van der Waals surface area contributed by atoms with Crippen LogP contribution in [0, 0.1) is 5.92 Å². The molecule has 0 saturated carbocycles. The van der Waals surface area contributed by atoms with E-state index in [4.69, 9.17) is 0 Å². The highest BCUT2D eigenvalue weighted by Crippen LogP contribution is 2.16. The van der Waals surface area contributed by atoms with Gasteiger partial charge in [-0.25, -0.2) is 13.1 Å². The molecule has 110 valence electrons. The van der Waals surface area contributed by atoms with Crippen molar-refractivity contribution >= 4 is 21.6 Å². The predicted molar refractivity (Wildman–Crippen MR) is 76.9 cm³/mol. The van der Waals surface area contributed by atoms with Gasteiger partial charge in [0.2, 0.25) is 15.9 Å². The molecule has 1 unspecified atom stereocenters. The van der Waals surface area contributed by atoms with E-state index >= 15 is 0 Å². The molecule has 3 N–H and O–H groups in total. The van der Waals surface area contributed by atoms with Crippen LogP contribution >= 0.6 is 0 Å². The third-order valence-electron chi connectivity index (χ3n) is 3.37. The van der Waals surface area contributed by atoms with Crippen LogP contribution in [0.15, 0.2) is 29.2 Å². The summed E-state index contributed by atoms with van der Waals surface area (Å²) < 4.78 is 25.4. The molecule has 1 saturated heterocycles. The number of amides is 1. The molecule has 0 spiro atoms. The zero-order chi connectivity index (χ0) is 14.6. The topological polar surface area (TPSA) is 87.3 Å². The van der Waals surface area contributed by atoms with Crippen molar-refractivity contribution in [2.75, 3.05) is 25.5 Å². The second kappa shape index (κ2) is 6.34. The van der Waals surface area contributed by atoms with Crippen molar-refractivity contribution in [1.82, 2.24) is 10.0 Å². The van der Waals surface area contributed by atoms with E-state index in [2.05, 4.69) is 15.4 Å². The molecule has 0 bridgehead atoms. The fourth-order valence-corrected chi connectivity index (χ4v) is 2.89. The Kier molecular flexibility index (Phi) is 4.74. The van der Waals surface area contributed by atoms with E-state index in [1.807, 2.05) is 0 Å². The molecule has 2 rings (SSSR count). The summed E-state index contributed by atoms with van der Waals surface area (Å²) in [6.45, 7) is 1.65. The minimum absolute atomic E-state index is 0.0236. The maximum absolute atomic E-state index is 12.0. The molecule has 6 nitrogen and oxygen atoms in total. The number of carbonyl (C=O) groups is 1. The van der Waals surface area contributed by atoms with Crippen molar-refractivity contribution in [1.29, 1.82) is 0 Å². The fraction of sp³-hybridized carbons (Fsp3) is 0.462. The molecular formula is C13H19N3O3S. The molecular weight excluding hydrogens is 278 g/mol. The van der Waals surface area contributed by atoms with Gasteiger partial charge in [-0.05, 0) is 50.7 Å². The minimum atomic E-state index is -3.44. The highest BCUT2D eigenvalue weighted by molar-refractivity contribution is 7.89. The molecule has 7 heteroatoms. The molecule has 0 aromatic heterocycles. The van der Waals surface area contributed by atoms with Gasteiger partial charge in [-0.1, -0.05) is 0 Å². The van der Waals surface area contributed by atoms with Crippen molar-refractivity contribution in [3.8, 4) is 0 Å². The lowest BCUT2D eigenvalue weighted by atomic mass is 9.99. The van der Waals surface area contributed by atoms with E-state index < -0.39 is 10.0 Å².